The zero-order valence-electron chi connectivity index (χ0n) is 15.5. The quantitative estimate of drug-likeness (QED) is 0.673. The molecule has 2 aromatic heterocycles. The average Bonchev–Trinajstić information content (AvgIpc) is 3.38. The molecule has 1 fully saturated rings. The van der Waals surface area contributed by atoms with Crippen molar-refractivity contribution in [2.24, 2.45) is 0 Å². The number of methoxy groups -OCH3 is 1. The van der Waals surface area contributed by atoms with Crippen molar-refractivity contribution in [2.75, 3.05) is 13.7 Å². The Morgan fingerprint density at radius 1 is 1.29 bits per heavy atom. The van der Waals surface area contributed by atoms with E-state index in [2.05, 4.69) is 9.97 Å². The molecule has 3 heterocycles. The van der Waals surface area contributed by atoms with Crippen molar-refractivity contribution >= 4 is 5.91 Å². The molecule has 0 saturated carbocycles. The van der Waals surface area contributed by atoms with E-state index < -0.39 is 0 Å². The van der Waals surface area contributed by atoms with E-state index in [0.29, 0.717) is 36.1 Å². The van der Waals surface area contributed by atoms with Crippen LogP contribution in [0.1, 0.15) is 46.5 Å². The minimum absolute atomic E-state index is 0.147. The van der Waals surface area contributed by atoms with Crippen LogP contribution in [-0.4, -0.2) is 34.4 Å². The van der Waals surface area contributed by atoms with E-state index >= 15 is 0 Å². The molecule has 1 aliphatic rings. The summed E-state index contributed by atoms with van der Waals surface area (Å²) in [5.74, 6) is 1.09. The Hall–Kier alpha value is -3.22. The van der Waals surface area contributed by atoms with Crippen LogP contribution in [0, 0.1) is 5.82 Å². The Morgan fingerprint density at radius 2 is 2.11 bits per heavy atom. The Morgan fingerprint density at radius 3 is 2.89 bits per heavy atom. The van der Waals surface area contributed by atoms with Gasteiger partial charge >= 0.3 is 0 Å². The van der Waals surface area contributed by atoms with Crippen molar-refractivity contribution in [1.82, 2.24) is 14.9 Å². The molecule has 6 nitrogen and oxygen atoms in total. The van der Waals surface area contributed by atoms with Crippen LogP contribution in [-0.2, 0) is 6.42 Å². The van der Waals surface area contributed by atoms with Crippen LogP contribution < -0.4 is 4.74 Å². The molecule has 0 aliphatic carbocycles. The van der Waals surface area contributed by atoms with E-state index in [-0.39, 0.29) is 17.8 Å². The molecule has 3 aromatic rings. The van der Waals surface area contributed by atoms with Crippen LogP contribution in [0.5, 0.6) is 5.88 Å². The van der Waals surface area contributed by atoms with Crippen molar-refractivity contribution in [2.45, 2.75) is 25.3 Å². The average molecular weight is 381 g/mol. The molecule has 28 heavy (non-hydrogen) atoms. The maximum Gasteiger partial charge on any atom is 0.260 e. The number of carbonyl (C=O) groups excluding carboxylic acids is 1. The van der Waals surface area contributed by atoms with Crippen molar-refractivity contribution < 1.29 is 18.3 Å². The third-order valence-electron chi connectivity index (χ3n) is 4.86. The summed E-state index contributed by atoms with van der Waals surface area (Å²) >= 11 is 0. The normalized spacial score (nSPS) is 16.4. The fourth-order valence-corrected chi connectivity index (χ4v) is 3.50. The molecule has 1 saturated heterocycles. The van der Waals surface area contributed by atoms with Crippen molar-refractivity contribution in [3.8, 4) is 5.88 Å². The molecule has 0 unspecified atom stereocenters. The summed E-state index contributed by atoms with van der Waals surface area (Å²) < 4.78 is 24.2. The molecular formula is C21H20FN3O3. The van der Waals surface area contributed by atoms with Crippen LogP contribution >= 0.6 is 0 Å². The number of likely N-dealkylation sites (tertiary alicyclic amines) is 1. The van der Waals surface area contributed by atoms with Crippen LogP contribution in [0.25, 0.3) is 0 Å². The third kappa shape index (κ3) is 3.60. The number of halogens is 1. The van der Waals surface area contributed by atoms with E-state index in [1.165, 1.54) is 19.2 Å². The predicted molar refractivity (Wildman–Crippen MR) is 99.5 cm³/mol. The largest absolute Gasteiger partial charge is 0.480 e. The number of aromatic nitrogens is 2. The highest BCUT2D eigenvalue weighted by atomic mass is 19.1. The fourth-order valence-electron chi connectivity index (χ4n) is 3.50. The van der Waals surface area contributed by atoms with Gasteiger partial charge in [-0.2, -0.15) is 0 Å². The molecule has 0 bridgehead atoms. The van der Waals surface area contributed by atoms with Crippen LogP contribution in [0.3, 0.4) is 0 Å². The summed E-state index contributed by atoms with van der Waals surface area (Å²) in [6, 6.07) is 9.48. The van der Waals surface area contributed by atoms with Crippen LogP contribution in [0.2, 0.25) is 0 Å². The summed E-state index contributed by atoms with van der Waals surface area (Å²) in [4.78, 5) is 23.3. The van der Waals surface area contributed by atoms with Gasteiger partial charge in [0.25, 0.3) is 5.91 Å². The molecule has 1 aliphatic heterocycles. The lowest BCUT2D eigenvalue weighted by molar-refractivity contribution is 0.0710. The van der Waals surface area contributed by atoms with E-state index in [1.54, 1.807) is 41.6 Å². The van der Waals surface area contributed by atoms with Crippen LogP contribution in [0.15, 0.2) is 53.2 Å². The molecular weight excluding hydrogens is 361 g/mol. The highest BCUT2D eigenvalue weighted by Crippen LogP contribution is 2.34. The first-order chi connectivity index (χ1) is 13.7. The second-order valence-electron chi connectivity index (χ2n) is 6.68. The van der Waals surface area contributed by atoms with E-state index in [1.807, 2.05) is 0 Å². The number of hydrogen-bond donors (Lipinski definition) is 0. The molecule has 1 aromatic carbocycles. The van der Waals surface area contributed by atoms with E-state index in [0.717, 1.165) is 18.4 Å². The maximum absolute atomic E-state index is 13.1. The van der Waals surface area contributed by atoms with Crippen molar-refractivity contribution in [1.29, 1.82) is 0 Å². The number of rotatable bonds is 5. The topological polar surface area (TPSA) is 68.5 Å². The van der Waals surface area contributed by atoms with Gasteiger partial charge < -0.3 is 14.1 Å². The first kappa shape index (κ1) is 18.2. The molecule has 144 valence electrons. The lowest BCUT2D eigenvalue weighted by atomic mass is 10.1. The molecule has 1 atom stereocenters. The number of benzene rings is 1. The lowest BCUT2D eigenvalue weighted by Crippen LogP contribution is -2.31. The fraction of sp³-hybridized carbons (Fsp3) is 0.286. The third-order valence-corrected chi connectivity index (χ3v) is 4.86. The highest BCUT2D eigenvalue weighted by Gasteiger charge is 2.35. The van der Waals surface area contributed by atoms with Gasteiger partial charge in [-0.1, -0.05) is 12.1 Å². The first-order valence-corrected chi connectivity index (χ1v) is 9.14. The Bertz CT molecular complexity index is 971. The van der Waals surface area contributed by atoms with Gasteiger partial charge in [0.2, 0.25) is 11.8 Å². The van der Waals surface area contributed by atoms with E-state index in [4.69, 9.17) is 9.15 Å². The number of amides is 1. The molecule has 0 radical (unpaired) electrons. The number of oxazole rings is 1. The van der Waals surface area contributed by atoms with E-state index in [9.17, 15) is 9.18 Å². The number of nitrogens with zero attached hydrogens (tertiary/aromatic N) is 3. The number of ether oxygens (including phenoxy) is 1. The second-order valence-corrected chi connectivity index (χ2v) is 6.68. The second kappa shape index (κ2) is 7.80. The van der Waals surface area contributed by atoms with Gasteiger partial charge in [-0.25, -0.2) is 14.4 Å². The maximum atomic E-state index is 13.1. The Labute approximate surface area is 162 Å². The monoisotopic (exact) mass is 381 g/mol. The van der Waals surface area contributed by atoms with Crippen LogP contribution in [0.4, 0.5) is 4.39 Å². The summed E-state index contributed by atoms with van der Waals surface area (Å²) in [7, 11) is 1.50. The van der Waals surface area contributed by atoms with Gasteiger partial charge in [0.15, 0.2) is 0 Å². The van der Waals surface area contributed by atoms with Gasteiger partial charge in [0, 0.05) is 19.2 Å². The van der Waals surface area contributed by atoms with Gasteiger partial charge in [0.1, 0.15) is 23.2 Å². The highest BCUT2D eigenvalue weighted by molar-refractivity contribution is 5.96. The molecule has 0 spiro atoms. The molecule has 1 amide bonds. The minimum Gasteiger partial charge on any atom is -0.480 e. The van der Waals surface area contributed by atoms with Gasteiger partial charge in [0.05, 0.1) is 13.3 Å². The number of hydrogen-bond acceptors (Lipinski definition) is 5. The lowest BCUT2D eigenvalue weighted by Gasteiger charge is -2.22. The van der Waals surface area contributed by atoms with Crippen molar-refractivity contribution in [3.05, 3.63) is 77.4 Å². The summed E-state index contributed by atoms with van der Waals surface area (Å²) in [5.41, 5.74) is 1.36. The smallest absolute Gasteiger partial charge is 0.260 e. The number of carbonyl (C=O) groups is 1. The molecule has 0 N–H and O–H groups in total. The SMILES string of the molecule is COc1ncccc1C(=O)N1CCC[C@H]1c1ncc(Cc2ccc(F)cc2)o1. The summed E-state index contributed by atoms with van der Waals surface area (Å²) in [5, 5.41) is 0. The van der Waals surface area contributed by atoms with Gasteiger partial charge in [-0.15, -0.1) is 0 Å². The summed E-state index contributed by atoms with van der Waals surface area (Å²) in [6.45, 7) is 0.622. The minimum atomic E-state index is -0.270. The zero-order chi connectivity index (χ0) is 19.5. The molecule has 4 rings (SSSR count). The van der Waals surface area contributed by atoms with Gasteiger partial charge in [-0.3, -0.25) is 4.79 Å². The Kier molecular flexibility index (Phi) is 5.06. The first-order valence-electron chi connectivity index (χ1n) is 9.14. The van der Waals surface area contributed by atoms with Gasteiger partial charge in [-0.05, 0) is 42.7 Å². The predicted octanol–water partition coefficient (Wildman–Crippen LogP) is 3.79. The molecule has 7 heteroatoms. The summed E-state index contributed by atoms with van der Waals surface area (Å²) in [6.07, 6.45) is 5.43. The standard InChI is InChI=1S/C21H20FN3O3/c1-27-19-17(4-2-10-23-19)21(26)25-11-3-5-18(25)20-24-13-16(28-20)12-14-6-8-15(22)9-7-14/h2,4,6-10,13,18H,3,5,11-12H2,1H3/t18-/m0/s1. The Balaban J connectivity index is 1.53. The van der Waals surface area contributed by atoms with Crippen molar-refractivity contribution in [3.63, 3.8) is 0 Å². The number of pyridine rings is 1. The zero-order valence-corrected chi connectivity index (χ0v) is 15.5.